The normalized spacial score (nSPS) is 15.1. The zero-order chi connectivity index (χ0) is 11.7. The van der Waals surface area contributed by atoms with E-state index in [2.05, 4.69) is 5.10 Å². The molecule has 0 amide bonds. The molecule has 0 saturated heterocycles. The van der Waals surface area contributed by atoms with Crippen LogP contribution in [0.3, 0.4) is 0 Å². The summed E-state index contributed by atoms with van der Waals surface area (Å²) >= 11 is 0. The predicted octanol–water partition coefficient (Wildman–Crippen LogP) is 2.62. The minimum Gasteiger partial charge on any atom is -0.295 e. The van der Waals surface area contributed by atoms with E-state index in [0.29, 0.717) is 6.42 Å². The number of carbonyl (C=O) groups is 1. The first-order valence-electron chi connectivity index (χ1n) is 5.68. The molecule has 0 atom stereocenters. The summed E-state index contributed by atoms with van der Waals surface area (Å²) in [6, 6.07) is 11.9. The molecular weight excluding hydrogens is 212 g/mol. The van der Waals surface area contributed by atoms with Crippen molar-refractivity contribution in [2.24, 2.45) is 0 Å². The largest absolute Gasteiger partial charge is 0.295 e. The fourth-order valence-corrected chi connectivity index (χ4v) is 2.12. The summed E-state index contributed by atoms with van der Waals surface area (Å²) in [4.78, 5) is 11.3. The van der Waals surface area contributed by atoms with Gasteiger partial charge in [-0.15, -0.1) is 0 Å². The predicted molar refractivity (Wildman–Crippen MR) is 65.8 cm³/mol. The Morgan fingerprint density at radius 2 is 1.88 bits per heavy atom. The van der Waals surface area contributed by atoms with Gasteiger partial charge in [0.05, 0.1) is 17.6 Å². The van der Waals surface area contributed by atoms with Crippen molar-refractivity contribution in [3.63, 3.8) is 0 Å². The highest BCUT2D eigenvalue weighted by Gasteiger charge is 2.17. The molecule has 1 aromatic heterocycles. The Balaban J connectivity index is 2.06. The van der Waals surface area contributed by atoms with Crippen LogP contribution in [-0.2, 0) is 4.79 Å². The molecule has 1 heterocycles. The number of hydrogen-bond donors (Lipinski definition) is 0. The van der Waals surface area contributed by atoms with E-state index in [1.54, 1.807) is 12.3 Å². The molecule has 0 saturated carbocycles. The van der Waals surface area contributed by atoms with Crippen molar-refractivity contribution in [2.45, 2.75) is 12.8 Å². The minimum atomic E-state index is 0.209. The zero-order valence-electron chi connectivity index (χ0n) is 9.34. The summed E-state index contributed by atoms with van der Waals surface area (Å²) in [5.74, 6) is 0.209. The highest BCUT2D eigenvalue weighted by atomic mass is 16.1. The molecule has 0 bridgehead atoms. The van der Waals surface area contributed by atoms with Gasteiger partial charge in [0, 0.05) is 6.42 Å². The Morgan fingerprint density at radius 1 is 1.06 bits per heavy atom. The molecule has 0 spiro atoms. The number of nitrogens with zero attached hydrogens (tertiary/aromatic N) is 2. The van der Waals surface area contributed by atoms with Gasteiger partial charge in [-0.3, -0.25) is 4.79 Å². The number of allylic oxidation sites excluding steroid dienone is 2. The average molecular weight is 224 g/mol. The third-order valence-corrected chi connectivity index (χ3v) is 2.95. The summed E-state index contributed by atoms with van der Waals surface area (Å²) in [6.07, 6.45) is 4.94. The molecule has 3 rings (SSSR count). The van der Waals surface area contributed by atoms with E-state index >= 15 is 0 Å². The highest BCUT2D eigenvalue weighted by molar-refractivity contribution is 6.01. The van der Waals surface area contributed by atoms with Crippen LogP contribution in [0.2, 0.25) is 0 Å². The van der Waals surface area contributed by atoms with Gasteiger partial charge >= 0.3 is 0 Å². The molecule has 0 radical (unpaired) electrons. The second-order valence-corrected chi connectivity index (χ2v) is 4.10. The topological polar surface area (TPSA) is 34.9 Å². The van der Waals surface area contributed by atoms with Crippen molar-refractivity contribution in [1.29, 1.82) is 0 Å². The van der Waals surface area contributed by atoms with Gasteiger partial charge in [0.2, 0.25) is 0 Å². The molecule has 84 valence electrons. The summed E-state index contributed by atoms with van der Waals surface area (Å²) < 4.78 is 1.88. The van der Waals surface area contributed by atoms with Gasteiger partial charge in [0.15, 0.2) is 5.78 Å². The van der Waals surface area contributed by atoms with E-state index in [0.717, 1.165) is 23.4 Å². The Kier molecular flexibility index (Phi) is 2.37. The molecule has 0 N–H and O–H groups in total. The lowest BCUT2D eigenvalue weighted by Crippen LogP contribution is -2.00. The van der Waals surface area contributed by atoms with Crippen molar-refractivity contribution < 1.29 is 4.79 Å². The quantitative estimate of drug-likeness (QED) is 0.786. The number of aromatic nitrogens is 2. The van der Waals surface area contributed by atoms with Crippen molar-refractivity contribution in [3.05, 3.63) is 54.4 Å². The van der Waals surface area contributed by atoms with Gasteiger partial charge in [-0.2, -0.15) is 5.10 Å². The average Bonchev–Trinajstić information content (AvgIpc) is 2.98. The summed E-state index contributed by atoms with van der Waals surface area (Å²) in [7, 11) is 0. The molecule has 0 unspecified atom stereocenters. The molecule has 1 aromatic carbocycles. The van der Waals surface area contributed by atoms with Gasteiger partial charge in [-0.1, -0.05) is 18.2 Å². The maximum atomic E-state index is 11.3. The van der Waals surface area contributed by atoms with Gasteiger partial charge in [-0.05, 0) is 36.3 Å². The van der Waals surface area contributed by atoms with E-state index in [9.17, 15) is 4.79 Å². The van der Waals surface area contributed by atoms with Crippen molar-refractivity contribution in [3.8, 4) is 5.69 Å². The first kappa shape index (κ1) is 10.0. The summed E-state index contributed by atoms with van der Waals surface area (Å²) in [5, 5.41) is 4.32. The van der Waals surface area contributed by atoms with Crippen LogP contribution < -0.4 is 0 Å². The fraction of sp³-hybridized carbons (Fsp3) is 0.143. The van der Waals surface area contributed by atoms with E-state index in [1.165, 1.54) is 0 Å². The van der Waals surface area contributed by atoms with Crippen LogP contribution in [0, 0.1) is 0 Å². The van der Waals surface area contributed by atoms with E-state index < -0.39 is 0 Å². The van der Waals surface area contributed by atoms with E-state index in [-0.39, 0.29) is 5.78 Å². The smallest absolute Gasteiger partial charge is 0.156 e. The molecule has 17 heavy (non-hydrogen) atoms. The molecule has 1 aliphatic carbocycles. The van der Waals surface area contributed by atoms with Crippen LogP contribution in [0.4, 0.5) is 0 Å². The maximum absolute atomic E-state index is 11.3. The second-order valence-electron chi connectivity index (χ2n) is 4.10. The number of hydrogen-bond acceptors (Lipinski definition) is 2. The molecule has 0 fully saturated rings. The molecule has 3 nitrogen and oxygen atoms in total. The number of ketones is 1. The minimum absolute atomic E-state index is 0.209. The van der Waals surface area contributed by atoms with Crippen molar-refractivity contribution in [2.75, 3.05) is 0 Å². The summed E-state index contributed by atoms with van der Waals surface area (Å²) in [6.45, 7) is 0. The van der Waals surface area contributed by atoms with Crippen LogP contribution >= 0.6 is 0 Å². The highest BCUT2D eigenvalue weighted by Crippen LogP contribution is 2.27. The fourth-order valence-electron chi connectivity index (χ4n) is 2.12. The second kappa shape index (κ2) is 4.01. The first-order valence-corrected chi connectivity index (χ1v) is 5.68. The molecular formula is C14H12N2O. The third-order valence-electron chi connectivity index (χ3n) is 2.95. The molecule has 2 aromatic rings. The van der Waals surface area contributed by atoms with Crippen LogP contribution in [0.5, 0.6) is 0 Å². The number of carbonyl (C=O) groups excluding carboxylic acids is 1. The summed E-state index contributed by atoms with van der Waals surface area (Å²) in [5.41, 5.74) is 3.12. The number of para-hydroxylation sites is 1. The van der Waals surface area contributed by atoms with Crippen molar-refractivity contribution in [1.82, 2.24) is 9.78 Å². The lowest BCUT2D eigenvalue weighted by molar-refractivity contribution is -0.114. The van der Waals surface area contributed by atoms with Gasteiger partial charge in [-0.25, -0.2) is 4.68 Å². The van der Waals surface area contributed by atoms with Crippen LogP contribution in [0.25, 0.3) is 11.3 Å². The van der Waals surface area contributed by atoms with Crippen LogP contribution in [0.1, 0.15) is 18.5 Å². The van der Waals surface area contributed by atoms with Gasteiger partial charge in [0.1, 0.15) is 0 Å². The third kappa shape index (κ3) is 1.80. The maximum Gasteiger partial charge on any atom is 0.156 e. The Morgan fingerprint density at radius 3 is 2.59 bits per heavy atom. The number of rotatable bonds is 2. The Labute approximate surface area is 99.4 Å². The van der Waals surface area contributed by atoms with Gasteiger partial charge in [0.25, 0.3) is 0 Å². The van der Waals surface area contributed by atoms with E-state index in [1.807, 2.05) is 41.1 Å². The SMILES string of the molecule is O=C1C=C(c2ccnn2-c2ccccc2)CC1. The molecule has 3 heteroatoms. The van der Waals surface area contributed by atoms with Crippen LogP contribution in [0.15, 0.2) is 48.7 Å². The van der Waals surface area contributed by atoms with Crippen LogP contribution in [-0.4, -0.2) is 15.6 Å². The lowest BCUT2D eigenvalue weighted by atomic mass is 10.1. The Hall–Kier alpha value is -2.16. The molecule has 1 aliphatic rings. The molecule has 0 aliphatic heterocycles. The monoisotopic (exact) mass is 224 g/mol. The standard InChI is InChI=1S/C14H12N2O/c17-13-7-6-11(10-13)14-8-9-15-16(14)12-4-2-1-3-5-12/h1-5,8-10H,6-7H2. The van der Waals surface area contributed by atoms with Gasteiger partial charge < -0.3 is 0 Å². The number of benzene rings is 1. The van der Waals surface area contributed by atoms with Crippen molar-refractivity contribution >= 4 is 11.4 Å². The first-order chi connectivity index (χ1) is 8.34. The lowest BCUT2D eigenvalue weighted by Gasteiger charge is -2.07. The van der Waals surface area contributed by atoms with E-state index in [4.69, 9.17) is 0 Å². The zero-order valence-corrected chi connectivity index (χ0v) is 9.34. The Bertz CT molecular complexity index is 581.